The van der Waals surface area contributed by atoms with Gasteiger partial charge in [0, 0.05) is 39.3 Å². The smallest absolute Gasteiger partial charge is 0.191 e. The molecule has 1 aliphatic heterocycles. The molecule has 0 aromatic heterocycles. The summed E-state index contributed by atoms with van der Waals surface area (Å²) in [6, 6.07) is 8.56. The maximum Gasteiger partial charge on any atom is 0.191 e. The molecule has 170 valence electrons. The molecule has 0 amide bonds. The van der Waals surface area contributed by atoms with E-state index >= 15 is 0 Å². The molecule has 30 heavy (non-hydrogen) atoms. The summed E-state index contributed by atoms with van der Waals surface area (Å²) >= 11 is 0. The monoisotopic (exact) mass is 420 g/mol. The number of rotatable bonds is 13. The van der Waals surface area contributed by atoms with Crippen LogP contribution >= 0.6 is 0 Å². The third-order valence-electron chi connectivity index (χ3n) is 5.55. The van der Waals surface area contributed by atoms with Crippen molar-refractivity contribution in [2.24, 2.45) is 10.9 Å². The first-order chi connectivity index (χ1) is 14.7. The number of hydrogen-bond acceptors (Lipinski definition) is 5. The first-order valence-electron chi connectivity index (χ1n) is 11.2. The first kappa shape index (κ1) is 24.4. The minimum Gasteiger partial charge on any atom is -0.497 e. The van der Waals surface area contributed by atoms with Crippen molar-refractivity contribution in [3.05, 3.63) is 29.8 Å². The van der Waals surface area contributed by atoms with E-state index in [1.54, 1.807) is 7.11 Å². The van der Waals surface area contributed by atoms with Gasteiger partial charge in [0.25, 0.3) is 0 Å². The molecule has 1 fully saturated rings. The minimum atomic E-state index is 0.241. The molecule has 7 heteroatoms. The van der Waals surface area contributed by atoms with E-state index in [-0.39, 0.29) is 6.04 Å². The number of ether oxygens (including phenoxy) is 3. The lowest BCUT2D eigenvalue weighted by Crippen LogP contribution is -2.43. The summed E-state index contributed by atoms with van der Waals surface area (Å²) in [7, 11) is 3.52. The second-order valence-electron chi connectivity index (χ2n) is 7.55. The van der Waals surface area contributed by atoms with Crippen molar-refractivity contribution in [1.29, 1.82) is 0 Å². The van der Waals surface area contributed by atoms with Crippen LogP contribution in [0.5, 0.6) is 5.75 Å². The topological polar surface area (TPSA) is 67.4 Å². The molecule has 0 saturated carbocycles. The van der Waals surface area contributed by atoms with Crippen LogP contribution < -0.4 is 15.4 Å². The van der Waals surface area contributed by atoms with Gasteiger partial charge in [-0.2, -0.15) is 0 Å². The second-order valence-corrected chi connectivity index (χ2v) is 7.55. The SMILES string of the molecule is CCN(CC)C(CNC(=NC)NCCCOCC1CCOC1)c1cccc(OC)c1. The maximum absolute atomic E-state index is 5.77. The molecule has 2 rings (SSSR count). The van der Waals surface area contributed by atoms with Crippen LogP contribution in [0.1, 0.15) is 38.3 Å². The van der Waals surface area contributed by atoms with Gasteiger partial charge in [-0.25, -0.2) is 0 Å². The fourth-order valence-electron chi connectivity index (χ4n) is 3.73. The lowest BCUT2D eigenvalue weighted by molar-refractivity contribution is 0.0888. The second kappa shape index (κ2) is 14.2. The van der Waals surface area contributed by atoms with E-state index in [0.717, 1.165) is 77.2 Å². The number of guanidine groups is 1. The highest BCUT2D eigenvalue weighted by Gasteiger charge is 2.19. The Balaban J connectivity index is 1.78. The number of benzene rings is 1. The Labute approximate surface area is 182 Å². The highest BCUT2D eigenvalue weighted by Crippen LogP contribution is 2.23. The van der Waals surface area contributed by atoms with Crippen molar-refractivity contribution in [1.82, 2.24) is 15.5 Å². The van der Waals surface area contributed by atoms with Crippen LogP contribution in [0.25, 0.3) is 0 Å². The molecule has 0 radical (unpaired) electrons. The fourth-order valence-corrected chi connectivity index (χ4v) is 3.73. The van der Waals surface area contributed by atoms with Crippen LogP contribution in [0.3, 0.4) is 0 Å². The molecular formula is C23H40N4O3. The van der Waals surface area contributed by atoms with Gasteiger partial charge < -0.3 is 24.8 Å². The van der Waals surface area contributed by atoms with Crippen LogP contribution in [0.15, 0.2) is 29.3 Å². The molecule has 1 aromatic rings. The third kappa shape index (κ3) is 8.13. The molecule has 0 bridgehead atoms. The van der Waals surface area contributed by atoms with Crippen LogP contribution in [0.2, 0.25) is 0 Å². The van der Waals surface area contributed by atoms with Crippen LogP contribution in [0, 0.1) is 5.92 Å². The largest absolute Gasteiger partial charge is 0.497 e. The number of aliphatic imine (C=N–C) groups is 1. The summed E-state index contributed by atoms with van der Waals surface area (Å²) in [6.07, 6.45) is 2.07. The third-order valence-corrected chi connectivity index (χ3v) is 5.55. The number of nitrogens with one attached hydrogen (secondary N) is 2. The van der Waals surface area contributed by atoms with Gasteiger partial charge in [0.15, 0.2) is 5.96 Å². The highest BCUT2D eigenvalue weighted by atomic mass is 16.5. The zero-order valence-corrected chi connectivity index (χ0v) is 19.2. The molecule has 1 aliphatic rings. The van der Waals surface area contributed by atoms with E-state index in [9.17, 15) is 0 Å². The van der Waals surface area contributed by atoms with Crippen LogP contribution in [-0.2, 0) is 9.47 Å². The van der Waals surface area contributed by atoms with Crippen molar-refractivity contribution in [2.45, 2.75) is 32.7 Å². The number of nitrogens with zero attached hydrogens (tertiary/aromatic N) is 2. The van der Waals surface area contributed by atoms with Gasteiger partial charge in [-0.3, -0.25) is 9.89 Å². The van der Waals surface area contributed by atoms with E-state index in [0.29, 0.717) is 5.92 Å². The van der Waals surface area contributed by atoms with Gasteiger partial charge in [0.1, 0.15) is 5.75 Å². The Morgan fingerprint density at radius 1 is 1.30 bits per heavy atom. The molecule has 1 saturated heterocycles. The quantitative estimate of drug-likeness (QED) is 0.291. The summed E-state index contributed by atoms with van der Waals surface area (Å²) in [5.74, 6) is 2.27. The molecule has 1 heterocycles. The zero-order valence-electron chi connectivity index (χ0n) is 19.2. The van der Waals surface area contributed by atoms with Crippen LogP contribution in [0.4, 0.5) is 0 Å². The molecule has 0 aliphatic carbocycles. The highest BCUT2D eigenvalue weighted by molar-refractivity contribution is 5.79. The molecular weight excluding hydrogens is 380 g/mol. The Bertz CT molecular complexity index is 616. The van der Waals surface area contributed by atoms with Crippen molar-refractivity contribution in [3.63, 3.8) is 0 Å². The summed E-state index contributed by atoms with van der Waals surface area (Å²) in [4.78, 5) is 6.81. The number of hydrogen-bond donors (Lipinski definition) is 2. The summed E-state index contributed by atoms with van der Waals surface area (Å²) in [5, 5.41) is 6.88. The van der Waals surface area contributed by atoms with Gasteiger partial charge in [-0.1, -0.05) is 26.0 Å². The minimum absolute atomic E-state index is 0.241. The van der Waals surface area contributed by atoms with E-state index in [2.05, 4.69) is 52.6 Å². The van der Waals surface area contributed by atoms with Gasteiger partial charge >= 0.3 is 0 Å². The number of likely N-dealkylation sites (N-methyl/N-ethyl adjacent to an activating group) is 1. The molecule has 0 spiro atoms. The molecule has 2 N–H and O–H groups in total. The normalized spacial score (nSPS) is 17.9. The molecule has 1 aromatic carbocycles. The van der Waals surface area contributed by atoms with E-state index in [1.165, 1.54) is 5.56 Å². The van der Waals surface area contributed by atoms with E-state index in [1.807, 2.05) is 13.1 Å². The predicted octanol–water partition coefficient (Wildman–Crippen LogP) is 2.69. The van der Waals surface area contributed by atoms with Crippen molar-refractivity contribution in [2.75, 3.05) is 66.8 Å². The van der Waals surface area contributed by atoms with Gasteiger partial charge in [-0.05, 0) is 43.6 Å². The standard InChI is InChI=1S/C23H40N4O3/c1-5-27(6-2)22(20-9-7-10-21(15-20)28-4)16-26-23(24-3)25-12-8-13-29-17-19-11-14-30-18-19/h7,9-10,15,19,22H,5-6,8,11-14,16-18H2,1-4H3,(H2,24,25,26). The average molecular weight is 421 g/mol. The van der Waals surface area contributed by atoms with Crippen molar-refractivity contribution >= 4 is 5.96 Å². The average Bonchev–Trinajstić information content (AvgIpc) is 3.31. The summed E-state index contributed by atoms with van der Waals surface area (Å²) in [6.45, 7) is 11.2. The summed E-state index contributed by atoms with van der Waals surface area (Å²) < 4.78 is 16.6. The van der Waals surface area contributed by atoms with Crippen LogP contribution in [-0.4, -0.2) is 77.6 Å². The Hall–Kier alpha value is -1.83. The van der Waals surface area contributed by atoms with Crippen molar-refractivity contribution < 1.29 is 14.2 Å². The Morgan fingerprint density at radius 2 is 2.13 bits per heavy atom. The lowest BCUT2D eigenvalue weighted by atomic mass is 10.0. The summed E-state index contributed by atoms with van der Waals surface area (Å²) in [5.41, 5.74) is 1.24. The molecule has 2 unspecified atom stereocenters. The number of methoxy groups -OCH3 is 1. The Morgan fingerprint density at radius 3 is 2.80 bits per heavy atom. The first-order valence-corrected chi connectivity index (χ1v) is 11.2. The van der Waals surface area contributed by atoms with Gasteiger partial charge in [-0.15, -0.1) is 0 Å². The van der Waals surface area contributed by atoms with Gasteiger partial charge in [0.2, 0.25) is 0 Å². The van der Waals surface area contributed by atoms with E-state index in [4.69, 9.17) is 14.2 Å². The zero-order chi connectivity index (χ0) is 21.6. The maximum atomic E-state index is 5.77. The van der Waals surface area contributed by atoms with E-state index < -0.39 is 0 Å². The fraction of sp³-hybridized carbons (Fsp3) is 0.696. The Kier molecular flexibility index (Phi) is 11.6. The predicted molar refractivity (Wildman–Crippen MR) is 122 cm³/mol. The lowest BCUT2D eigenvalue weighted by Gasteiger charge is -2.31. The molecule has 2 atom stereocenters. The van der Waals surface area contributed by atoms with Gasteiger partial charge in [0.05, 0.1) is 26.4 Å². The van der Waals surface area contributed by atoms with Crippen molar-refractivity contribution in [3.8, 4) is 5.75 Å². The molecule has 7 nitrogen and oxygen atoms in total.